The van der Waals surface area contributed by atoms with E-state index in [2.05, 4.69) is 20.3 Å². The van der Waals surface area contributed by atoms with Crippen molar-refractivity contribution in [3.05, 3.63) is 84.1 Å². The molecule has 0 fully saturated rings. The predicted octanol–water partition coefficient (Wildman–Crippen LogP) is 2.89. The largest absolute Gasteiger partial charge is 0.361 e. The normalized spacial score (nSPS) is 11.0. The smallest absolute Gasteiger partial charge is 0.263 e. The Morgan fingerprint density at radius 3 is 2.30 bits per heavy atom. The Morgan fingerprint density at radius 2 is 1.67 bits per heavy atom. The van der Waals surface area contributed by atoms with Crippen molar-refractivity contribution in [2.45, 2.75) is 11.4 Å². The highest BCUT2D eigenvalue weighted by atomic mass is 32.2. The second-order valence-corrected chi connectivity index (χ2v) is 7.94. The number of benzene rings is 2. The lowest BCUT2D eigenvalue weighted by molar-refractivity contribution is -0.119. The lowest BCUT2D eigenvalue weighted by Gasteiger charge is -2.10. The number of carbonyl (C=O) groups is 1. The summed E-state index contributed by atoms with van der Waals surface area (Å²) >= 11 is 0. The van der Waals surface area contributed by atoms with Crippen molar-refractivity contribution in [2.75, 3.05) is 16.6 Å². The first-order valence-electron chi connectivity index (χ1n) is 8.81. The quantitative estimate of drug-likeness (QED) is 0.508. The third-order valence-corrected chi connectivity index (χ3v) is 5.29. The number of anilines is 2. The van der Waals surface area contributed by atoms with Crippen molar-refractivity contribution in [3.63, 3.8) is 0 Å². The third kappa shape index (κ3) is 5.98. The van der Waals surface area contributed by atoms with Crippen LogP contribution in [0.15, 0.2) is 71.8 Å². The molecule has 0 bridgehead atoms. The van der Waals surface area contributed by atoms with Gasteiger partial charge in [0, 0.05) is 18.8 Å². The van der Waals surface area contributed by atoms with Gasteiger partial charge >= 0.3 is 0 Å². The fourth-order valence-electron chi connectivity index (χ4n) is 2.50. The van der Waals surface area contributed by atoms with Crippen molar-refractivity contribution < 1.29 is 22.0 Å². The highest BCUT2D eigenvalue weighted by Crippen LogP contribution is 2.18. The van der Waals surface area contributed by atoms with Gasteiger partial charge in [-0.05, 0) is 29.8 Å². The molecule has 156 valence electrons. The molecule has 10 heteroatoms. The maximum atomic E-state index is 13.2. The minimum Gasteiger partial charge on any atom is -0.361 e. The summed E-state index contributed by atoms with van der Waals surface area (Å²) in [4.78, 5) is 15.7. The lowest BCUT2D eigenvalue weighted by atomic mass is 10.2. The van der Waals surface area contributed by atoms with Crippen LogP contribution in [0.25, 0.3) is 0 Å². The van der Waals surface area contributed by atoms with E-state index in [1.165, 1.54) is 12.1 Å². The van der Waals surface area contributed by atoms with E-state index < -0.39 is 21.7 Å². The molecule has 0 atom stereocenters. The van der Waals surface area contributed by atoms with Crippen LogP contribution in [0.1, 0.15) is 5.56 Å². The molecule has 0 saturated carbocycles. The van der Waals surface area contributed by atoms with Gasteiger partial charge in [0.15, 0.2) is 0 Å². The maximum absolute atomic E-state index is 13.2. The lowest BCUT2D eigenvalue weighted by Crippen LogP contribution is -2.29. The van der Waals surface area contributed by atoms with Crippen molar-refractivity contribution in [2.24, 2.45) is 0 Å². The second kappa shape index (κ2) is 9.31. The Kier molecular flexibility index (Phi) is 6.58. The SMILES string of the molecule is O=C(CNc1ccc(S(=O)(=O)Nc2cc(F)cc(F)c2)cn1)NCc1ccccc1. The Bertz CT molecular complexity index is 1100. The van der Waals surface area contributed by atoms with Crippen LogP contribution in [0.5, 0.6) is 0 Å². The van der Waals surface area contributed by atoms with Crippen molar-refractivity contribution >= 4 is 27.4 Å². The van der Waals surface area contributed by atoms with Gasteiger partial charge in [-0.3, -0.25) is 9.52 Å². The molecule has 0 radical (unpaired) electrons. The average molecular weight is 432 g/mol. The Labute approximate surface area is 172 Å². The molecule has 1 heterocycles. The molecule has 30 heavy (non-hydrogen) atoms. The summed E-state index contributed by atoms with van der Waals surface area (Å²) < 4.78 is 53.2. The van der Waals surface area contributed by atoms with Crippen LogP contribution in [-0.2, 0) is 21.4 Å². The van der Waals surface area contributed by atoms with Crippen LogP contribution in [0.2, 0.25) is 0 Å². The number of carbonyl (C=O) groups excluding carboxylic acids is 1. The van der Waals surface area contributed by atoms with Crippen molar-refractivity contribution in [3.8, 4) is 0 Å². The Balaban J connectivity index is 1.55. The number of halogens is 2. The van der Waals surface area contributed by atoms with E-state index in [9.17, 15) is 22.0 Å². The summed E-state index contributed by atoms with van der Waals surface area (Å²) in [5.74, 6) is -1.78. The number of sulfonamides is 1. The first-order chi connectivity index (χ1) is 14.3. The molecule has 0 aliphatic carbocycles. The molecule has 3 N–H and O–H groups in total. The Morgan fingerprint density at radius 1 is 0.967 bits per heavy atom. The predicted molar refractivity (Wildman–Crippen MR) is 108 cm³/mol. The zero-order valence-electron chi connectivity index (χ0n) is 15.6. The second-order valence-electron chi connectivity index (χ2n) is 6.26. The minimum absolute atomic E-state index is 0.0489. The highest BCUT2D eigenvalue weighted by molar-refractivity contribution is 7.92. The van der Waals surface area contributed by atoms with Crippen LogP contribution in [0, 0.1) is 11.6 Å². The third-order valence-electron chi connectivity index (χ3n) is 3.92. The van der Waals surface area contributed by atoms with Gasteiger partial charge < -0.3 is 10.6 Å². The van der Waals surface area contributed by atoms with E-state index in [4.69, 9.17) is 0 Å². The number of amides is 1. The molecule has 3 aromatic rings. The number of hydrogen-bond acceptors (Lipinski definition) is 5. The van der Waals surface area contributed by atoms with Gasteiger partial charge in [0.1, 0.15) is 22.3 Å². The maximum Gasteiger partial charge on any atom is 0.263 e. The van der Waals surface area contributed by atoms with Crippen LogP contribution in [-0.4, -0.2) is 25.9 Å². The number of aromatic nitrogens is 1. The molecular formula is C20H18F2N4O3S. The van der Waals surface area contributed by atoms with Gasteiger partial charge in [-0.25, -0.2) is 22.2 Å². The van der Waals surface area contributed by atoms with Crippen molar-refractivity contribution in [1.29, 1.82) is 0 Å². The summed E-state index contributed by atoms with van der Waals surface area (Å²) in [6, 6.07) is 14.4. The van der Waals surface area contributed by atoms with Gasteiger partial charge in [0.25, 0.3) is 10.0 Å². The van der Waals surface area contributed by atoms with E-state index >= 15 is 0 Å². The fraction of sp³-hybridized carbons (Fsp3) is 0.100. The standard InChI is InChI=1S/C20H18F2N4O3S/c21-15-8-16(22)10-17(9-15)26-30(28,29)18-6-7-19(23-12-18)24-13-20(27)25-11-14-4-2-1-3-5-14/h1-10,12,26H,11,13H2,(H,23,24)(H,25,27). The minimum atomic E-state index is -4.09. The van der Waals surface area contributed by atoms with E-state index in [-0.39, 0.29) is 23.0 Å². The van der Waals surface area contributed by atoms with E-state index in [0.29, 0.717) is 18.4 Å². The molecule has 0 saturated heterocycles. The summed E-state index contributed by atoms with van der Waals surface area (Å²) in [6.07, 6.45) is 1.07. The van der Waals surface area contributed by atoms with Crippen LogP contribution in [0.3, 0.4) is 0 Å². The molecule has 0 spiro atoms. The molecule has 2 aromatic carbocycles. The number of nitrogens with zero attached hydrogens (tertiary/aromatic N) is 1. The molecule has 0 aliphatic heterocycles. The molecule has 0 unspecified atom stereocenters. The molecule has 1 aromatic heterocycles. The van der Waals surface area contributed by atoms with E-state index in [1.807, 2.05) is 30.3 Å². The van der Waals surface area contributed by atoms with Gasteiger partial charge in [0.05, 0.1) is 12.2 Å². The zero-order chi connectivity index (χ0) is 21.6. The summed E-state index contributed by atoms with van der Waals surface area (Å²) in [5, 5.41) is 5.53. The first kappa shape index (κ1) is 21.2. The summed E-state index contributed by atoms with van der Waals surface area (Å²) in [5.41, 5.74) is 0.717. The molecular weight excluding hydrogens is 414 g/mol. The zero-order valence-corrected chi connectivity index (χ0v) is 16.4. The highest BCUT2D eigenvalue weighted by Gasteiger charge is 2.16. The number of pyridine rings is 1. The van der Waals surface area contributed by atoms with Gasteiger partial charge in [-0.15, -0.1) is 0 Å². The monoisotopic (exact) mass is 432 g/mol. The van der Waals surface area contributed by atoms with Crippen molar-refractivity contribution in [1.82, 2.24) is 10.3 Å². The topological polar surface area (TPSA) is 100 Å². The summed E-state index contributed by atoms with van der Waals surface area (Å²) in [6.45, 7) is 0.338. The van der Waals surface area contributed by atoms with E-state index in [1.54, 1.807) is 0 Å². The van der Waals surface area contributed by atoms with Gasteiger partial charge in [-0.1, -0.05) is 30.3 Å². The average Bonchev–Trinajstić information content (AvgIpc) is 2.70. The first-order valence-corrected chi connectivity index (χ1v) is 10.3. The molecule has 3 rings (SSSR count). The number of hydrogen-bond donors (Lipinski definition) is 3. The molecule has 1 amide bonds. The van der Waals surface area contributed by atoms with Crippen LogP contribution < -0.4 is 15.4 Å². The number of nitrogens with one attached hydrogen (secondary N) is 3. The molecule has 0 aliphatic rings. The van der Waals surface area contributed by atoms with Crippen LogP contribution in [0.4, 0.5) is 20.3 Å². The summed E-state index contributed by atoms with van der Waals surface area (Å²) in [7, 11) is -4.09. The Hall–Kier alpha value is -3.53. The van der Waals surface area contributed by atoms with Crippen LogP contribution >= 0.6 is 0 Å². The fourth-order valence-corrected chi connectivity index (χ4v) is 3.49. The molecule has 7 nitrogen and oxygen atoms in total. The van der Waals surface area contributed by atoms with Gasteiger partial charge in [-0.2, -0.15) is 0 Å². The number of rotatable bonds is 8. The van der Waals surface area contributed by atoms with E-state index in [0.717, 1.165) is 23.9 Å². The van der Waals surface area contributed by atoms with Gasteiger partial charge in [0.2, 0.25) is 5.91 Å².